The van der Waals surface area contributed by atoms with Crippen molar-refractivity contribution < 1.29 is 23.7 Å². The molecule has 0 aromatic heterocycles. The average molecular weight is 603 g/mol. The maximum atomic E-state index is 7.13. The number of methoxy groups -OCH3 is 1. The van der Waals surface area contributed by atoms with Gasteiger partial charge in [-0.2, -0.15) is 0 Å². The Kier molecular flexibility index (Phi) is 6.39. The van der Waals surface area contributed by atoms with E-state index < -0.39 is 5.72 Å². The van der Waals surface area contributed by atoms with Gasteiger partial charge in [-0.25, -0.2) is 0 Å². The summed E-state index contributed by atoms with van der Waals surface area (Å²) in [4.78, 5) is 4.44. The number of hydrogen-bond acceptors (Lipinski definition) is 7. The number of nitrogens with zero attached hydrogens (tertiary/aromatic N) is 2. The van der Waals surface area contributed by atoms with E-state index >= 15 is 0 Å². The molecule has 5 aliphatic rings. The molecule has 0 saturated heterocycles. The lowest BCUT2D eigenvalue weighted by atomic mass is 9.76. The molecule has 0 saturated carbocycles. The minimum atomic E-state index is -0.714. The van der Waals surface area contributed by atoms with Crippen molar-refractivity contribution in [1.29, 1.82) is 0 Å². The molecular formula is C35H39ClN2O5. The van der Waals surface area contributed by atoms with Gasteiger partial charge in [0.15, 0.2) is 28.7 Å². The van der Waals surface area contributed by atoms with Crippen LogP contribution in [0, 0.1) is 0 Å². The van der Waals surface area contributed by atoms with Crippen LogP contribution in [0.4, 0.5) is 11.4 Å². The third-order valence-corrected chi connectivity index (χ3v) is 10.7. The zero-order valence-electron chi connectivity index (χ0n) is 26.0. The largest absolute Gasteiger partial charge is 0.454 e. The van der Waals surface area contributed by atoms with Gasteiger partial charge >= 0.3 is 0 Å². The fraction of sp³-hybridized carbons (Fsp3) is 0.429. The van der Waals surface area contributed by atoms with Crippen LogP contribution in [0.25, 0.3) is 0 Å². The predicted molar refractivity (Wildman–Crippen MR) is 170 cm³/mol. The Morgan fingerprint density at radius 2 is 1.42 bits per heavy atom. The predicted octanol–water partition coefficient (Wildman–Crippen LogP) is 7.69. The van der Waals surface area contributed by atoms with Crippen LogP contribution in [0.5, 0.6) is 23.0 Å². The summed E-state index contributed by atoms with van der Waals surface area (Å²) in [6, 6.07) is 8.36. The van der Waals surface area contributed by atoms with Crippen molar-refractivity contribution in [1.82, 2.24) is 0 Å². The van der Waals surface area contributed by atoms with Crippen LogP contribution >= 0.6 is 11.6 Å². The number of fused-ring (bicyclic) bond motifs is 4. The third kappa shape index (κ3) is 3.97. The Morgan fingerprint density at radius 3 is 2.07 bits per heavy atom. The van der Waals surface area contributed by atoms with Crippen LogP contribution in [-0.2, 0) is 15.6 Å². The lowest BCUT2D eigenvalue weighted by molar-refractivity contribution is -0.0129. The van der Waals surface area contributed by atoms with E-state index in [1.54, 1.807) is 7.11 Å². The highest BCUT2D eigenvalue weighted by Gasteiger charge is 2.55. The minimum Gasteiger partial charge on any atom is -0.454 e. The molecule has 226 valence electrons. The first kappa shape index (κ1) is 28.2. The van der Waals surface area contributed by atoms with Gasteiger partial charge in [0, 0.05) is 66.3 Å². The Balaban J connectivity index is 1.20. The van der Waals surface area contributed by atoms with Gasteiger partial charge in [0.25, 0.3) is 0 Å². The number of halogens is 1. The van der Waals surface area contributed by atoms with Crippen LogP contribution in [0.1, 0.15) is 58.1 Å². The van der Waals surface area contributed by atoms with E-state index in [4.69, 9.17) is 35.3 Å². The van der Waals surface area contributed by atoms with Crippen molar-refractivity contribution in [3.63, 3.8) is 0 Å². The summed E-state index contributed by atoms with van der Waals surface area (Å²) in [5.41, 5.74) is 6.82. The second-order valence-electron chi connectivity index (χ2n) is 13.0. The lowest BCUT2D eigenvalue weighted by Crippen LogP contribution is -2.54. The smallest absolute Gasteiger partial charge is 0.231 e. The molecule has 0 fully saturated rings. The van der Waals surface area contributed by atoms with Crippen molar-refractivity contribution in [2.75, 3.05) is 44.6 Å². The van der Waals surface area contributed by atoms with E-state index in [-0.39, 0.29) is 24.4 Å². The molecule has 4 aliphatic heterocycles. The molecule has 7 rings (SSSR count). The van der Waals surface area contributed by atoms with Gasteiger partial charge in [-0.1, -0.05) is 51.4 Å². The maximum absolute atomic E-state index is 7.13. The van der Waals surface area contributed by atoms with Crippen LogP contribution < -0.4 is 28.7 Å². The van der Waals surface area contributed by atoms with Crippen molar-refractivity contribution >= 4 is 23.0 Å². The topological polar surface area (TPSA) is 52.6 Å². The lowest BCUT2D eigenvalue weighted by Gasteiger charge is -2.43. The number of likely N-dealkylation sites (N-methyl/N-ethyl adjacent to an activating group) is 2. The summed E-state index contributed by atoms with van der Waals surface area (Å²) in [6.45, 7) is 9.46. The Morgan fingerprint density at radius 1 is 0.814 bits per heavy atom. The summed E-state index contributed by atoms with van der Waals surface area (Å²) in [6.07, 6.45) is 11.6. The molecule has 0 radical (unpaired) electrons. The van der Waals surface area contributed by atoms with Crippen molar-refractivity contribution in [3.8, 4) is 23.0 Å². The number of anilines is 2. The molecule has 0 bridgehead atoms. The maximum Gasteiger partial charge on any atom is 0.231 e. The first-order valence-corrected chi connectivity index (χ1v) is 15.3. The molecule has 0 amide bonds. The van der Waals surface area contributed by atoms with Crippen molar-refractivity contribution in [3.05, 3.63) is 81.6 Å². The molecule has 1 atom stereocenters. The zero-order valence-corrected chi connectivity index (χ0v) is 26.7. The van der Waals surface area contributed by atoms with Gasteiger partial charge in [0.1, 0.15) is 0 Å². The molecule has 1 unspecified atom stereocenters. The molecule has 0 N–H and O–H groups in total. The highest BCUT2D eigenvalue weighted by atomic mass is 35.5. The van der Waals surface area contributed by atoms with Crippen LogP contribution in [-0.4, -0.2) is 40.5 Å². The van der Waals surface area contributed by atoms with Gasteiger partial charge in [-0.3, -0.25) is 0 Å². The number of rotatable bonds is 4. The Hall–Kier alpha value is -3.55. The van der Waals surface area contributed by atoms with E-state index in [1.165, 1.54) is 11.3 Å². The molecule has 2 aromatic carbocycles. The number of hydrogen-bond donors (Lipinski definition) is 0. The van der Waals surface area contributed by atoms with E-state index in [9.17, 15) is 0 Å². The first-order chi connectivity index (χ1) is 20.5. The number of ether oxygens (including phenoxy) is 5. The highest BCUT2D eigenvalue weighted by molar-refractivity contribution is 6.32. The molecule has 8 heteroatoms. The molecule has 4 heterocycles. The van der Waals surface area contributed by atoms with Crippen LogP contribution in [0.15, 0.2) is 70.4 Å². The minimum absolute atomic E-state index is 0.190. The second-order valence-corrected chi connectivity index (χ2v) is 13.4. The van der Waals surface area contributed by atoms with Crippen LogP contribution in [0.2, 0.25) is 0 Å². The highest BCUT2D eigenvalue weighted by Crippen LogP contribution is 2.56. The van der Waals surface area contributed by atoms with Gasteiger partial charge in [-0.05, 0) is 65.8 Å². The molecule has 7 nitrogen and oxygen atoms in total. The van der Waals surface area contributed by atoms with Gasteiger partial charge in [-0.15, -0.1) is 0 Å². The fourth-order valence-electron chi connectivity index (χ4n) is 7.60. The summed E-state index contributed by atoms with van der Waals surface area (Å²) >= 11 is 7.13. The normalized spacial score (nSPS) is 26.3. The monoisotopic (exact) mass is 602 g/mol. The van der Waals surface area contributed by atoms with Gasteiger partial charge < -0.3 is 33.5 Å². The average Bonchev–Trinajstić information content (AvgIpc) is 3.71. The molecule has 0 spiro atoms. The summed E-state index contributed by atoms with van der Waals surface area (Å²) < 4.78 is 29.1. The van der Waals surface area contributed by atoms with E-state index in [0.717, 1.165) is 75.4 Å². The standard InChI is InChI=1S/C35H39ClN2O5/c1-33(2)23-15-27-29(42-19-40-27)17-25(23)37(5)31(33)12-11-21-9-8-10-22(32(21)36)13-14-35(39-7)34(3,4)24-16-28-30(43-20-41-28)18-26(24)38(35)6/h11-18H,8-10,19-20H2,1-7H3/b14-13+,21-11+,31-12-. The SMILES string of the molecule is COC1(/C=C/C2=C(Cl)C(=C/C=C3\N(C)c4cc5c(cc4C3(C)C)OCO5)/CCC2)N(C)c2cc3c(cc2C1(C)C)OCO3. The molecule has 2 aromatic rings. The van der Waals surface area contributed by atoms with Crippen LogP contribution in [0.3, 0.4) is 0 Å². The summed E-state index contributed by atoms with van der Waals surface area (Å²) in [5, 5.41) is 0.819. The number of allylic oxidation sites excluding steroid dienone is 7. The van der Waals surface area contributed by atoms with Crippen molar-refractivity contribution in [2.24, 2.45) is 0 Å². The van der Waals surface area contributed by atoms with E-state index in [0.29, 0.717) is 0 Å². The van der Waals surface area contributed by atoms with Gasteiger partial charge in [0.2, 0.25) is 13.6 Å². The summed E-state index contributed by atoms with van der Waals surface area (Å²) in [5.74, 6) is 3.16. The molecule has 43 heavy (non-hydrogen) atoms. The zero-order chi connectivity index (χ0) is 30.3. The van der Waals surface area contributed by atoms with E-state index in [1.807, 2.05) is 0 Å². The summed E-state index contributed by atoms with van der Waals surface area (Å²) in [7, 11) is 5.96. The molecule has 1 aliphatic carbocycles. The quantitative estimate of drug-likeness (QED) is 0.356. The van der Waals surface area contributed by atoms with E-state index in [2.05, 4.69) is 100 Å². The Bertz CT molecular complexity index is 1650. The second kappa shape index (κ2) is 9.73. The first-order valence-electron chi connectivity index (χ1n) is 14.9. The van der Waals surface area contributed by atoms with Crippen molar-refractivity contribution in [2.45, 2.75) is 63.5 Å². The third-order valence-electron chi connectivity index (χ3n) is 10.2. The van der Waals surface area contributed by atoms with Gasteiger partial charge in [0.05, 0.1) is 0 Å². The number of benzene rings is 2. The Labute approximate surface area is 258 Å². The fourth-order valence-corrected chi connectivity index (χ4v) is 7.91. The molecular weight excluding hydrogens is 564 g/mol.